The molecule has 5 rings (SSSR count). The number of hydrogen-bond donors (Lipinski definition) is 2. The fourth-order valence-electron chi connectivity index (χ4n) is 5.75. The standard InChI is InChI=1S/C27H30F5N3O4/c1-15-9-19-18(3-4-22-25(19)39-26(37)33-22)24(35(15)13-27(31,32)14-36)23-20(29)10-17(11-21(23)30)38-16-5-8-34(12-16)7-2-6-28/h3-4,10-11,15-16,24,36H,2,5-9,12-14H2,1H3,(H,33,37)/t15-,16+,24+/m1/s1. The monoisotopic (exact) mass is 555 g/mol. The van der Waals surface area contributed by atoms with Crippen LogP contribution in [-0.4, -0.2) is 77.4 Å². The quantitative estimate of drug-likeness (QED) is 0.386. The van der Waals surface area contributed by atoms with Crippen LogP contribution in [0.3, 0.4) is 0 Å². The molecule has 3 heterocycles. The summed E-state index contributed by atoms with van der Waals surface area (Å²) in [4.78, 5) is 17.7. The minimum Gasteiger partial charge on any atom is -0.489 e. The maximum absolute atomic E-state index is 15.7. The number of aliphatic hydroxyl groups is 1. The molecule has 39 heavy (non-hydrogen) atoms. The van der Waals surface area contributed by atoms with E-state index in [-0.39, 0.29) is 23.9 Å². The number of ether oxygens (including phenoxy) is 1. The lowest BCUT2D eigenvalue weighted by Gasteiger charge is -2.43. The smallest absolute Gasteiger partial charge is 0.417 e. The van der Waals surface area contributed by atoms with Crippen LogP contribution in [0.2, 0.25) is 0 Å². The molecule has 2 N–H and O–H groups in total. The molecule has 1 fully saturated rings. The van der Waals surface area contributed by atoms with Gasteiger partial charge in [0.2, 0.25) is 0 Å². The number of H-pyrrole nitrogens is 1. The van der Waals surface area contributed by atoms with Gasteiger partial charge >= 0.3 is 5.76 Å². The van der Waals surface area contributed by atoms with E-state index >= 15 is 8.78 Å². The van der Waals surface area contributed by atoms with Crippen LogP contribution in [0, 0.1) is 11.6 Å². The topological polar surface area (TPSA) is 81.9 Å². The van der Waals surface area contributed by atoms with Crippen LogP contribution < -0.4 is 10.5 Å². The van der Waals surface area contributed by atoms with Crippen molar-refractivity contribution in [2.24, 2.45) is 0 Å². The number of benzene rings is 2. The van der Waals surface area contributed by atoms with Crippen molar-refractivity contribution < 1.29 is 36.2 Å². The summed E-state index contributed by atoms with van der Waals surface area (Å²) >= 11 is 0. The Balaban J connectivity index is 1.53. The van der Waals surface area contributed by atoms with Gasteiger partial charge in [0, 0.05) is 48.9 Å². The SMILES string of the molecule is C[C@@H]1Cc2c(ccc3[nH]c(=O)oc23)[C@@H](c2c(F)cc(O[C@H]3CCN(CCCF)C3)cc2F)N1CC(F)(F)CO. The van der Waals surface area contributed by atoms with Crippen molar-refractivity contribution in [2.75, 3.05) is 39.5 Å². The van der Waals surface area contributed by atoms with Crippen molar-refractivity contribution in [2.45, 2.75) is 50.3 Å². The Morgan fingerprint density at radius 2 is 1.97 bits per heavy atom. The zero-order valence-electron chi connectivity index (χ0n) is 21.4. The predicted molar refractivity (Wildman–Crippen MR) is 133 cm³/mol. The minimum absolute atomic E-state index is 0.0329. The van der Waals surface area contributed by atoms with E-state index in [0.717, 1.165) is 12.1 Å². The first kappa shape index (κ1) is 27.6. The average molecular weight is 556 g/mol. The number of nitrogens with zero attached hydrogens (tertiary/aromatic N) is 2. The van der Waals surface area contributed by atoms with Gasteiger partial charge in [-0.15, -0.1) is 0 Å². The first-order chi connectivity index (χ1) is 18.6. The molecule has 2 aromatic carbocycles. The second-order valence-corrected chi connectivity index (χ2v) is 10.3. The number of likely N-dealkylation sites (tertiary alicyclic amines) is 1. The summed E-state index contributed by atoms with van der Waals surface area (Å²) in [7, 11) is 0. The summed E-state index contributed by atoms with van der Waals surface area (Å²) in [6.07, 6.45) is 0.869. The van der Waals surface area contributed by atoms with Crippen molar-refractivity contribution in [3.05, 3.63) is 63.1 Å². The van der Waals surface area contributed by atoms with E-state index in [1.54, 1.807) is 6.92 Å². The van der Waals surface area contributed by atoms with E-state index in [4.69, 9.17) is 9.15 Å². The van der Waals surface area contributed by atoms with Crippen LogP contribution in [0.1, 0.15) is 42.5 Å². The zero-order chi connectivity index (χ0) is 27.9. The van der Waals surface area contributed by atoms with Gasteiger partial charge in [0.05, 0.1) is 24.8 Å². The number of aromatic nitrogens is 1. The molecule has 0 spiro atoms. The van der Waals surface area contributed by atoms with Crippen LogP contribution in [0.4, 0.5) is 22.0 Å². The number of nitrogens with one attached hydrogen (secondary N) is 1. The van der Waals surface area contributed by atoms with E-state index in [2.05, 4.69) is 4.98 Å². The van der Waals surface area contributed by atoms with Crippen LogP contribution in [0.25, 0.3) is 11.1 Å². The molecule has 1 saturated heterocycles. The molecule has 0 unspecified atom stereocenters. The summed E-state index contributed by atoms with van der Waals surface area (Å²) in [5.41, 5.74) is 0.966. The summed E-state index contributed by atoms with van der Waals surface area (Å²) in [5.74, 6) is -6.22. The molecule has 7 nitrogen and oxygen atoms in total. The van der Waals surface area contributed by atoms with Crippen LogP contribution in [0.15, 0.2) is 33.5 Å². The third kappa shape index (κ3) is 5.55. The maximum Gasteiger partial charge on any atom is 0.417 e. The van der Waals surface area contributed by atoms with Gasteiger partial charge in [0.1, 0.15) is 30.1 Å². The van der Waals surface area contributed by atoms with E-state index in [1.165, 1.54) is 17.0 Å². The third-order valence-corrected chi connectivity index (χ3v) is 7.53. The van der Waals surface area contributed by atoms with Gasteiger partial charge in [-0.2, -0.15) is 0 Å². The van der Waals surface area contributed by atoms with Gasteiger partial charge in [-0.05, 0) is 37.8 Å². The van der Waals surface area contributed by atoms with E-state index in [9.17, 15) is 23.1 Å². The first-order valence-corrected chi connectivity index (χ1v) is 12.9. The molecule has 2 aliphatic heterocycles. The Morgan fingerprint density at radius 1 is 1.23 bits per heavy atom. The molecule has 1 aromatic heterocycles. The highest BCUT2D eigenvalue weighted by Crippen LogP contribution is 2.43. The number of aromatic amines is 1. The second-order valence-electron chi connectivity index (χ2n) is 10.3. The van der Waals surface area contributed by atoms with Gasteiger partial charge in [0.15, 0.2) is 5.58 Å². The lowest BCUT2D eigenvalue weighted by Crippen LogP contribution is -2.49. The normalized spacial score (nSPS) is 22.5. The molecule has 12 heteroatoms. The van der Waals surface area contributed by atoms with Crippen molar-refractivity contribution in [1.82, 2.24) is 14.8 Å². The molecular formula is C27H30F5N3O4. The van der Waals surface area contributed by atoms with Crippen LogP contribution >= 0.6 is 0 Å². The molecule has 0 aliphatic carbocycles. The molecule has 3 atom stereocenters. The third-order valence-electron chi connectivity index (χ3n) is 7.53. The molecule has 0 bridgehead atoms. The molecule has 2 aliphatic rings. The Hall–Kier alpha value is -2.96. The lowest BCUT2D eigenvalue weighted by atomic mass is 9.83. The van der Waals surface area contributed by atoms with Gasteiger partial charge in [-0.25, -0.2) is 22.4 Å². The number of alkyl halides is 3. The Kier molecular flexibility index (Phi) is 7.71. The first-order valence-electron chi connectivity index (χ1n) is 12.9. The zero-order valence-corrected chi connectivity index (χ0v) is 21.4. The number of aliphatic hydroxyl groups excluding tert-OH is 1. The average Bonchev–Trinajstić information content (AvgIpc) is 3.49. The minimum atomic E-state index is -3.53. The molecule has 0 saturated carbocycles. The number of halogens is 5. The predicted octanol–water partition coefficient (Wildman–Crippen LogP) is 4.18. The molecule has 212 valence electrons. The van der Waals surface area contributed by atoms with Gasteiger partial charge in [-0.1, -0.05) is 6.07 Å². The fourth-order valence-corrected chi connectivity index (χ4v) is 5.75. The number of hydrogen-bond acceptors (Lipinski definition) is 6. The summed E-state index contributed by atoms with van der Waals surface area (Å²) in [6, 6.07) is 3.19. The molecular weight excluding hydrogens is 525 g/mol. The Labute approximate surface area is 221 Å². The van der Waals surface area contributed by atoms with Crippen LogP contribution in [0.5, 0.6) is 5.75 Å². The van der Waals surface area contributed by atoms with Crippen LogP contribution in [-0.2, 0) is 6.42 Å². The molecule has 0 radical (unpaired) electrons. The van der Waals surface area contributed by atoms with E-state index < -0.39 is 60.8 Å². The number of fused-ring (bicyclic) bond motifs is 3. The molecule has 3 aromatic rings. The van der Waals surface area contributed by atoms with Crippen molar-refractivity contribution in [3.8, 4) is 5.75 Å². The fraction of sp³-hybridized carbons (Fsp3) is 0.519. The lowest BCUT2D eigenvalue weighted by molar-refractivity contribution is -0.0866. The molecule has 0 amide bonds. The number of oxazole rings is 1. The van der Waals surface area contributed by atoms with Gasteiger partial charge in [0.25, 0.3) is 5.92 Å². The Bertz CT molecular complexity index is 1370. The van der Waals surface area contributed by atoms with Crippen molar-refractivity contribution in [1.29, 1.82) is 0 Å². The summed E-state index contributed by atoms with van der Waals surface area (Å²) < 4.78 is 83.9. The van der Waals surface area contributed by atoms with E-state index in [0.29, 0.717) is 49.1 Å². The summed E-state index contributed by atoms with van der Waals surface area (Å²) in [5, 5.41) is 9.24. The second kappa shape index (κ2) is 10.9. The highest BCUT2D eigenvalue weighted by atomic mass is 19.3. The highest BCUT2D eigenvalue weighted by Gasteiger charge is 2.43. The van der Waals surface area contributed by atoms with Crippen molar-refractivity contribution in [3.63, 3.8) is 0 Å². The largest absolute Gasteiger partial charge is 0.489 e. The Morgan fingerprint density at radius 3 is 2.67 bits per heavy atom. The highest BCUT2D eigenvalue weighted by molar-refractivity contribution is 5.78. The summed E-state index contributed by atoms with van der Waals surface area (Å²) in [6.45, 7) is 0.588. The maximum atomic E-state index is 15.7. The van der Waals surface area contributed by atoms with E-state index in [1.807, 2.05) is 4.90 Å². The van der Waals surface area contributed by atoms with Gasteiger partial charge in [-0.3, -0.25) is 19.2 Å². The van der Waals surface area contributed by atoms with Gasteiger partial charge < -0.3 is 14.3 Å². The van der Waals surface area contributed by atoms with Crippen molar-refractivity contribution >= 4 is 11.1 Å². The number of rotatable bonds is 9.